The third kappa shape index (κ3) is 3.60. The number of hydrogen-bond donors (Lipinski definition) is 1. The number of para-hydroxylation sites is 1. The molecule has 2 bridgehead atoms. The Balaban J connectivity index is 1.37. The van der Waals surface area contributed by atoms with Gasteiger partial charge < -0.3 is 5.32 Å². The van der Waals surface area contributed by atoms with Crippen LogP contribution < -0.4 is 5.32 Å². The first-order chi connectivity index (χ1) is 20.3. The Morgan fingerprint density at radius 2 is 1.19 bits per heavy atom. The molecule has 7 heteroatoms. The summed E-state index contributed by atoms with van der Waals surface area (Å²) in [5.41, 5.74) is 5.35. The molecule has 5 nitrogen and oxygen atoms in total. The van der Waals surface area contributed by atoms with Crippen LogP contribution in [0.2, 0.25) is 0 Å². The quantitative estimate of drug-likeness (QED) is 0.208. The highest BCUT2D eigenvalue weighted by Gasteiger charge is 2.73. The molecule has 1 heterocycles. The van der Waals surface area contributed by atoms with Crippen molar-refractivity contribution < 1.29 is 14.4 Å². The van der Waals surface area contributed by atoms with Gasteiger partial charge in [0, 0.05) is 12.1 Å². The first-order valence-electron chi connectivity index (χ1n) is 14.2. The molecule has 210 valence electrons. The van der Waals surface area contributed by atoms with E-state index in [1.807, 2.05) is 110 Å². The number of halogens is 2. The summed E-state index contributed by atoms with van der Waals surface area (Å²) in [6.45, 7) is 2.01. The lowest BCUT2D eigenvalue weighted by Crippen LogP contribution is -2.57. The Labute approximate surface area is 254 Å². The fourth-order valence-corrected chi connectivity index (χ4v) is 8.40. The SMILES string of the molecule is CCc1ccccc1NC(=O)[C@H](Cc1ccccc1)N1C(=O)[C@@H]2[C@@H](C1=O)C1(Cl)c3ccccc3C2(Cl)c2ccccc21. The number of alkyl halides is 2. The predicted octanol–water partition coefficient (Wildman–Crippen LogP) is 6.39. The molecule has 1 N–H and O–H groups in total. The number of benzene rings is 4. The van der Waals surface area contributed by atoms with Crippen molar-refractivity contribution in [3.8, 4) is 0 Å². The van der Waals surface area contributed by atoms with Crippen LogP contribution in [0.4, 0.5) is 5.69 Å². The lowest BCUT2D eigenvalue weighted by molar-refractivity contribution is -0.146. The summed E-state index contributed by atoms with van der Waals surface area (Å²) in [4.78, 5) is 41.9. The number of imide groups is 1. The Bertz CT molecular complexity index is 1630. The van der Waals surface area contributed by atoms with Crippen LogP contribution in [0.15, 0.2) is 103 Å². The highest BCUT2D eigenvalue weighted by atomic mass is 35.5. The van der Waals surface area contributed by atoms with Crippen LogP contribution in [0.1, 0.15) is 40.3 Å². The highest BCUT2D eigenvalue weighted by Crippen LogP contribution is 2.69. The lowest BCUT2D eigenvalue weighted by atomic mass is 9.54. The molecule has 3 aliphatic carbocycles. The van der Waals surface area contributed by atoms with Crippen molar-refractivity contribution in [2.45, 2.75) is 35.6 Å². The van der Waals surface area contributed by atoms with Crippen LogP contribution in [0, 0.1) is 11.8 Å². The van der Waals surface area contributed by atoms with E-state index >= 15 is 0 Å². The van der Waals surface area contributed by atoms with E-state index in [4.69, 9.17) is 23.2 Å². The molecule has 0 saturated carbocycles. The molecular weight excluding hydrogens is 567 g/mol. The zero-order valence-electron chi connectivity index (χ0n) is 22.9. The zero-order valence-corrected chi connectivity index (χ0v) is 24.4. The standard InChI is InChI=1S/C35H28Cl2N2O3/c1-2-22-14-6-11-19-27(22)38-31(40)28(20-21-12-4-3-5-13-21)39-32(41)29-30(33(39)42)35(37)24-16-8-7-15-23(24)34(29,36)25-17-9-10-18-26(25)35/h3-19,28-30H,2,20H2,1H3,(H,38,40)/t28-,29-,30-,34?,35?/m0/s1. The van der Waals surface area contributed by atoms with Crippen molar-refractivity contribution in [2.24, 2.45) is 11.8 Å². The second-order valence-electron chi connectivity index (χ2n) is 11.2. The van der Waals surface area contributed by atoms with Gasteiger partial charge in [0.05, 0.1) is 11.8 Å². The number of nitrogens with zero attached hydrogens (tertiary/aromatic N) is 1. The van der Waals surface area contributed by atoms with Crippen molar-refractivity contribution in [2.75, 3.05) is 5.32 Å². The first-order valence-corrected chi connectivity index (χ1v) is 14.9. The number of likely N-dealkylation sites (tertiary alicyclic amines) is 1. The van der Waals surface area contributed by atoms with Gasteiger partial charge in [0.1, 0.15) is 15.8 Å². The van der Waals surface area contributed by atoms with Crippen molar-refractivity contribution >= 4 is 46.6 Å². The van der Waals surface area contributed by atoms with E-state index in [9.17, 15) is 14.4 Å². The number of nitrogens with one attached hydrogen (secondary N) is 1. The average Bonchev–Trinajstić information content (AvgIpc) is 3.30. The maximum atomic E-state index is 14.6. The number of carbonyl (C=O) groups excluding carboxylic acids is 3. The minimum atomic E-state index is -1.31. The summed E-state index contributed by atoms with van der Waals surface area (Å²) in [5, 5.41) is 3.02. The fourth-order valence-electron chi connectivity index (χ4n) is 7.30. The van der Waals surface area contributed by atoms with Gasteiger partial charge >= 0.3 is 0 Å². The second-order valence-corrected chi connectivity index (χ2v) is 12.4. The van der Waals surface area contributed by atoms with Gasteiger partial charge in [-0.3, -0.25) is 19.3 Å². The van der Waals surface area contributed by atoms with Crippen LogP contribution in [0.3, 0.4) is 0 Å². The molecule has 42 heavy (non-hydrogen) atoms. The second kappa shape index (κ2) is 9.82. The molecule has 8 rings (SSSR count). The molecule has 3 atom stereocenters. The Kier molecular flexibility index (Phi) is 6.30. The van der Waals surface area contributed by atoms with Gasteiger partial charge in [0.25, 0.3) is 0 Å². The van der Waals surface area contributed by atoms with Gasteiger partial charge in [-0.2, -0.15) is 0 Å². The topological polar surface area (TPSA) is 66.5 Å². The fraction of sp³-hybridized carbons (Fsp3) is 0.229. The highest BCUT2D eigenvalue weighted by molar-refractivity contribution is 6.36. The third-order valence-electron chi connectivity index (χ3n) is 9.16. The lowest BCUT2D eigenvalue weighted by Gasteiger charge is -2.54. The van der Waals surface area contributed by atoms with Gasteiger partial charge in [-0.15, -0.1) is 23.2 Å². The first kappa shape index (κ1) is 26.9. The molecule has 0 radical (unpaired) electrons. The van der Waals surface area contributed by atoms with Gasteiger partial charge in [0.15, 0.2) is 0 Å². The van der Waals surface area contributed by atoms with Gasteiger partial charge in [-0.1, -0.05) is 104 Å². The molecule has 0 spiro atoms. The van der Waals surface area contributed by atoms with E-state index in [0.29, 0.717) is 12.1 Å². The molecular formula is C35H28Cl2N2O3. The summed E-state index contributed by atoms with van der Waals surface area (Å²) >= 11 is 15.2. The predicted molar refractivity (Wildman–Crippen MR) is 163 cm³/mol. The van der Waals surface area contributed by atoms with Crippen LogP contribution in [0.25, 0.3) is 0 Å². The summed E-state index contributed by atoms with van der Waals surface area (Å²) in [6, 6.07) is 30.9. The largest absolute Gasteiger partial charge is 0.324 e. The summed E-state index contributed by atoms with van der Waals surface area (Å²) in [7, 11) is 0. The molecule has 1 saturated heterocycles. The number of aryl methyl sites for hydroxylation is 1. The van der Waals surface area contributed by atoms with Gasteiger partial charge in [-0.25, -0.2) is 0 Å². The van der Waals surface area contributed by atoms with Crippen LogP contribution in [0.5, 0.6) is 0 Å². The summed E-state index contributed by atoms with van der Waals surface area (Å²) in [6.07, 6.45) is 0.869. The third-order valence-corrected chi connectivity index (χ3v) is 10.4. The molecule has 3 amide bonds. The zero-order chi connectivity index (χ0) is 29.2. The van der Waals surface area contributed by atoms with Crippen LogP contribution in [-0.4, -0.2) is 28.7 Å². The van der Waals surface area contributed by atoms with E-state index in [-0.39, 0.29) is 6.42 Å². The number of amides is 3. The molecule has 4 aromatic carbocycles. The maximum absolute atomic E-state index is 14.6. The van der Waals surface area contributed by atoms with E-state index in [1.165, 1.54) is 0 Å². The Hall–Kier alpha value is -3.93. The number of hydrogen-bond acceptors (Lipinski definition) is 3. The number of carbonyl (C=O) groups is 3. The minimum Gasteiger partial charge on any atom is -0.324 e. The summed E-state index contributed by atoms with van der Waals surface area (Å²) in [5.74, 6) is -3.33. The van der Waals surface area contributed by atoms with Gasteiger partial charge in [0.2, 0.25) is 17.7 Å². The minimum absolute atomic E-state index is 0.155. The molecule has 1 fully saturated rings. The monoisotopic (exact) mass is 594 g/mol. The molecule has 1 aliphatic heterocycles. The van der Waals surface area contributed by atoms with Crippen molar-refractivity contribution in [1.82, 2.24) is 4.90 Å². The molecule has 4 aromatic rings. The van der Waals surface area contributed by atoms with Crippen molar-refractivity contribution in [3.05, 3.63) is 137 Å². The van der Waals surface area contributed by atoms with Crippen LogP contribution in [-0.2, 0) is 37.0 Å². The Morgan fingerprint density at radius 3 is 1.69 bits per heavy atom. The van der Waals surface area contributed by atoms with E-state index in [0.717, 1.165) is 38.3 Å². The number of anilines is 1. The average molecular weight is 596 g/mol. The van der Waals surface area contributed by atoms with E-state index < -0.39 is 45.3 Å². The number of rotatable bonds is 6. The van der Waals surface area contributed by atoms with Crippen LogP contribution >= 0.6 is 23.2 Å². The Morgan fingerprint density at radius 1 is 0.738 bits per heavy atom. The molecule has 0 aromatic heterocycles. The normalized spacial score (nSPS) is 25.9. The van der Waals surface area contributed by atoms with E-state index in [2.05, 4.69) is 5.32 Å². The molecule has 0 unspecified atom stereocenters. The van der Waals surface area contributed by atoms with E-state index in [1.54, 1.807) is 0 Å². The van der Waals surface area contributed by atoms with Gasteiger partial charge in [-0.05, 0) is 45.9 Å². The molecule has 4 aliphatic rings. The van der Waals surface area contributed by atoms with Crippen molar-refractivity contribution in [3.63, 3.8) is 0 Å². The smallest absolute Gasteiger partial charge is 0.248 e. The summed E-state index contributed by atoms with van der Waals surface area (Å²) < 4.78 is 0. The maximum Gasteiger partial charge on any atom is 0.248 e. The van der Waals surface area contributed by atoms with Crippen molar-refractivity contribution in [1.29, 1.82) is 0 Å².